The summed E-state index contributed by atoms with van der Waals surface area (Å²) in [6.07, 6.45) is 2.20. The summed E-state index contributed by atoms with van der Waals surface area (Å²) in [5.41, 5.74) is -1.03. The second-order valence-electron chi connectivity index (χ2n) is 6.70. The van der Waals surface area contributed by atoms with Crippen molar-refractivity contribution in [1.29, 1.82) is 0 Å². The highest BCUT2D eigenvalue weighted by Crippen LogP contribution is 2.56. The molecule has 3 aliphatic heterocycles. The summed E-state index contributed by atoms with van der Waals surface area (Å²) in [5.74, 6) is -0.882. The van der Waals surface area contributed by atoms with E-state index in [0.29, 0.717) is 25.2 Å². The standard InChI is InChI=1S/C15H22O6/c1-9-4-5-12(10(2)17)15-11(9)6-7-14(3,20-21-15)19-13(15)18-8-16/h8-9,11-13H,4-7H2,1-3H3/t9-,11+,12+,13-,14+,15-/m1/s1. The first kappa shape index (κ1) is 14.9. The molecule has 0 aromatic heterocycles. The van der Waals surface area contributed by atoms with Crippen LogP contribution in [0.1, 0.15) is 46.5 Å². The highest BCUT2D eigenvalue weighted by molar-refractivity contribution is 5.80. The second-order valence-corrected chi connectivity index (χ2v) is 6.70. The number of carbonyl (C=O) groups is 2. The zero-order chi connectivity index (χ0) is 15.3. The van der Waals surface area contributed by atoms with Crippen molar-refractivity contribution in [3.05, 3.63) is 0 Å². The molecule has 4 aliphatic rings. The fourth-order valence-electron chi connectivity index (χ4n) is 4.29. The van der Waals surface area contributed by atoms with E-state index in [0.717, 1.165) is 12.8 Å². The molecule has 0 aromatic rings. The Kier molecular flexibility index (Phi) is 3.58. The van der Waals surface area contributed by atoms with Crippen LogP contribution in [0, 0.1) is 17.8 Å². The molecule has 1 spiro atoms. The van der Waals surface area contributed by atoms with Gasteiger partial charge in [-0.25, -0.2) is 9.78 Å². The Labute approximate surface area is 124 Å². The molecule has 3 heterocycles. The van der Waals surface area contributed by atoms with Crippen molar-refractivity contribution >= 4 is 12.3 Å². The summed E-state index contributed by atoms with van der Waals surface area (Å²) < 4.78 is 11.1. The molecule has 6 nitrogen and oxygen atoms in total. The molecule has 6 heteroatoms. The van der Waals surface area contributed by atoms with Crippen LogP contribution in [0.4, 0.5) is 0 Å². The van der Waals surface area contributed by atoms with E-state index < -0.39 is 17.7 Å². The summed E-state index contributed by atoms with van der Waals surface area (Å²) in [6.45, 7) is 5.82. The van der Waals surface area contributed by atoms with Crippen LogP contribution in [0.25, 0.3) is 0 Å². The van der Waals surface area contributed by atoms with Gasteiger partial charge in [0.15, 0.2) is 5.60 Å². The van der Waals surface area contributed by atoms with Gasteiger partial charge in [0.25, 0.3) is 6.47 Å². The Hall–Kier alpha value is -0.980. The van der Waals surface area contributed by atoms with Gasteiger partial charge in [-0.05, 0) is 39.0 Å². The first-order valence-electron chi connectivity index (χ1n) is 7.57. The molecule has 3 saturated heterocycles. The van der Waals surface area contributed by atoms with E-state index in [9.17, 15) is 9.59 Å². The normalized spacial score (nSPS) is 49.1. The van der Waals surface area contributed by atoms with Gasteiger partial charge in [-0.1, -0.05) is 6.92 Å². The lowest BCUT2D eigenvalue weighted by molar-refractivity contribution is -0.550. The number of hydrogen-bond donors (Lipinski definition) is 0. The van der Waals surface area contributed by atoms with E-state index >= 15 is 0 Å². The highest BCUT2D eigenvalue weighted by Gasteiger charge is 2.67. The van der Waals surface area contributed by atoms with Crippen molar-refractivity contribution in [2.75, 3.05) is 0 Å². The fraction of sp³-hybridized carbons (Fsp3) is 0.867. The monoisotopic (exact) mass is 298 g/mol. The summed E-state index contributed by atoms with van der Waals surface area (Å²) in [6, 6.07) is 0. The first-order valence-corrected chi connectivity index (χ1v) is 7.57. The Morgan fingerprint density at radius 1 is 1.29 bits per heavy atom. The minimum absolute atomic E-state index is 0.0177. The maximum atomic E-state index is 12.1. The minimum atomic E-state index is -1.03. The van der Waals surface area contributed by atoms with Gasteiger partial charge in [-0.2, -0.15) is 0 Å². The van der Waals surface area contributed by atoms with Gasteiger partial charge in [0.05, 0.1) is 5.92 Å². The van der Waals surface area contributed by atoms with Crippen LogP contribution < -0.4 is 0 Å². The molecule has 118 valence electrons. The van der Waals surface area contributed by atoms with Gasteiger partial charge >= 0.3 is 0 Å². The van der Waals surface area contributed by atoms with Crippen LogP contribution >= 0.6 is 0 Å². The largest absolute Gasteiger partial charge is 0.434 e. The molecular weight excluding hydrogens is 276 g/mol. The van der Waals surface area contributed by atoms with Gasteiger partial charge in [-0.15, -0.1) is 0 Å². The molecule has 2 bridgehead atoms. The summed E-state index contributed by atoms with van der Waals surface area (Å²) in [4.78, 5) is 34.3. The molecule has 0 radical (unpaired) electrons. The third kappa shape index (κ3) is 2.12. The average molecular weight is 298 g/mol. The smallest absolute Gasteiger partial charge is 0.295 e. The van der Waals surface area contributed by atoms with Crippen LogP contribution in [0.2, 0.25) is 0 Å². The number of rotatable bonds is 3. The van der Waals surface area contributed by atoms with Crippen LogP contribution in [0.5, 0.6) is 0 Å². The number of ether oxygens (including phenoxy) is 2. The minimum Gasteiger partial charge on any atom is -0.434 e. The van der Waals surface area contributed by atoms with Crippen molar-refractivity contribution < 1.29 is 28.8 Å². The lowest BCUT2D eigenvalue weighted by Gasteiger charge is -2.53. The topological polar surface area (TPSA) is 71.1 Å². The van der Waals surface area contributed by atoms with Crippen molar-refractivity contribution in [1.82, 2.24) is 0 Å². The Morgan fingerprint density at radius 3 is 2.71 bits per heavy atom. The predicted molar refractivity (Wildman–Crippen MR) is 70.6 cm³/mol. The molecule has 0 unspecified atom stereocenters. The van der Waals surface area contributed by atoms with Gasteiger partial charge in [0, 0.05) is 12.3 Å². The maximum Gasteiger partial charge on any atom is 0.295 e. The predicted octanol–water partition coefficient (Wildman–Crippen LogP) is 1.96. The Bertz CT molecular complexity index is 451. The summed E-state index contributed by atoms with van der Waals surface area (Å²) in [5, 5.41) is 0. The molecule has 4 fully saturated rings. The lowest BCUT2D eigenvalue weighted by Crippen LogP contribution is -2.66. The zero-order valence-corrected chi connectivity index (χ0v) is 12.7. The van der Waals surface area contributed by atoms with E-state index in [1.807, 2.05) is 0 Å². The van der Waals surface area contributed by atoms with E-state index in [1.165, 1.54) is 0 Å². The Balaban J connectivity index is 2.08. The molecule has 1 saturated carbocycles. The number of carbonyl (C=O) groups excluding carboxylic acids is 2. The molecule has 0 aromatic carbocycles. The van der Waals surface area contributed by atoms with Gasteiger partial charge < -0.3 is 9.47 Å². The second kappa shape index (κ2) is 5.04. The van der Waals surface area contributed by atoms with Gasteiger partial charge in [0.2, 0.25) is 12.1 Å². The number of fused-ring (bicyclic) bond motifs is 3. The number of Topliss-reactive ketones (excluding diaryl/α,β-unsaturated/α-hetero) is 1. The number of ketones is 1. The molecule has 6 atom stereocenters. The molecule has 1 aliphatic carbocycles. The SMILES string of the molecule is CC(=O)[C@@H]1CC[C@@H](C)[C@@H]2CC[C@]3(C)OO[C@@]12[C@H](OC=O)O3. The van der Waals surface area contributed by atoms with Crippen molar-refractivity contribution in [3.63, 3.8) is 0 Å². The van der Waals surface area contributed by atoms with Crippen LogP contribution in [0.15, 0.2) is 0 Å². The fourth-order valence-corrected chi connectivity index (χ4v) is 4.29. The molecule has 0 amide bonds. The molecule has 21 heavy (non-hydrogen) atoms. The van der Waals surface area contributed by atoms with Crippen LogP contribution in [0.3, 0.4) is 0 Å². The molecule has 4 rings (SSSR count). The third-order valence-electron chi connectivity index (χ3n) is 5.39. The maximum absolute atomic E-state index is 12.1. The average Bonchev–Trinajstić information content (AvgIpc) is 2.65. The van der Waals surface area contributed by atoms with Gasteiger partial charge in [-0.3, -0.25) is 9.59 Å². The first-order chi connectivity index (χ1) is 9.93. The van der Waals surface area contributed by atoms with Crippen molar-refractivity contribution in [3.8, 4) is 0 Å². The Morgan fingerprint density at radius 2 is 2.05 bits per heavy atom. The van der Waals surface area contributed by atoms with E-state index in [2.05, 4.69) is 6.92 Å². The van der Waals surface area contributed by atoms with Crippen LogP contribution in [-0.2, 0) is 28.8 Å². The summed E-state index contributed by atoms with van der Waals surface area (Å²) in [7, 11) is 0. The molecule has 0 N–H and O–H groups in total. The number of hydrogen-bond acceptors (Lipinski definition) is 6. The zero-order valence-electron chi connectivity index (χ0n) is 12.7. The highest BCUT2D eigenvalue weighted by atomic mass is 17.3. The lowest BCUT2D eigenvalue weighted by atomic mass is 9.61. The van der Waals surface area contributed by atoms with E-state index in [-0.39, 0.29) is 17.6 Å². The van der Waals surface area contributed by atoms with Gasteiger partial charge in [0.1, 0.15) is 5.78 Å². The molecular formula is C15H22O6. The van der Waals surface area contributed by atoms with Crippen molar-refractivity contribution in [2.24, 2.45) is 17.8 Å². The van der Waals surface area contributed by atoms with E-state index in [4.69, 9.17) is 19.2 Å². The van der Waals surface area contributed by atoms with Crippen molar-refractivity contribution in [2.45, 2.75) is 64.1 Å². The van der Waals surface area contributed by atoms with Crippen LogP contribution in [-0.4, -0.2) is 29.9 Å². The quantitative estimate of drug-likeness (QED) is 0.586. The summed E-state index contributed by atoms with van der Waals surface area (Å²) >= 11 is 0. The third-order valence-corrected chi connectivity index (χ3v) is 5.39. The van der Waals surface area contributed by atoms with E-state index in [1.54, 1.807) is 13.8 Å².